The predicted octanol–water partition coefficient (Wildman–Crippen LogP) is 2.48. The zero-order valence-electron chi connectivity index (χ0n) is 10.9. The average Bonchev–Trinajstić information content (AvgIpc) is 3.07. The molecule has 19 heavy (non-hydrogen) atoms. The van der Waals surface area contributed by atoms with Crippen LogP contribution in [0, 0.1) is 0 Å². The number of fused-ring (bicyclic) bond motifs is 1. The van der Waals surface area contributed by atoms with Crippen LogP contribution < -0.4 is 4.90 Å². The molecule has 1 N–H and O–H groups in total. The molecule has 0 aromatic carbocycles. The number of nitrogens with one attached hydrogen (secondary N) is 1. The monoisotopic (exact) mass is 273 g/mol. The summed E-state index contributed by atoms with van der Waals surface area (Å²) in [4.78, 5) is 18.0. The summed E-state index contributed by atoms with van der Waals surface area (Å²) >= 11 is 1.73. The Morgan fingerprint density at radius 1 is 1.37 bits per heavy atom. The molecule has 0 aliphatic heterocycles. The summed E-state index contributed by atoms with van der Waals surface area (Å²) in [6.45, 7) is 2.20. The molecule has 0 aliphatic rings. The van der Waals surface area contributed by atoms with E-state index in [9.17, 15) is 0 Å². The van der Waals surface area contributed by atoms with E-state index in [1.165, 1.54) is 5.56 Å². The number of aromatic amines is 1. The molecule has 98 valence electrons. The zero-order valence-corrected chi connectivity index (χ0v) is 11.7. The molecule has 0 bridgehead atoms. The van der Waals surface area contributed by atoms with E-state index in [1.807, 2.05) is 0 Å². The molecule has 0 fully saturated rings. The highest BCUT2D eigenvalue weighted by atomic mass is 32.1. The lowest BCUT2D eigenvalue weighted by Gasteiger charge is -2.25. The molecule has 5 nitrogen and oxygen atoms in total. The third-order valence-electron chi connectivity index (χ3n) is 3.31. The van der Waals surface area contributed by atoms with Gasteiger partial charge < -0.3 is 9.88 Å². The van der Waals surface area contributed by atoms with Crippen LogP contribution in [-0.4, -0.2) is 33.0 Å². The summed E-state index contributed by atoms with van der Waals surface area (Å²) in [5.74, 6) is 0.894. The Labute approximate surface area is 115 Å². The number of hydrogen-bond acceptors (Lipinski definition) is 5. The maximum Gasteiger partial charge on any atom is 0.182 e. The van der Waals surface area contributed by atoms with Crippen LogP contribution in [0.2, 0.25) is 0 Å². The SMILES string of the molecule is C[C@@H](Cc1ccsc1)N(C)c1ncnc2nc[nH]c12. The molecule has 0 radical (unpaired) electrons. The van der Waals surface area contributed by atoms with Crippen LogP contribution in [0.3, 0.4) is 0 Å². The number of imidazole rings is 1. The normalized spacial score (nSPS) is 12.7. The Hall–Kier alpha value is -1.95. The van der Waals surface area contributed by atoms with E-state index in [0.29, 0.717) is 11.7 Å². The van der Waals surface area contributed by atoms with E-state index in [1.54, 1.807) is 24.0 Å². The molecule has 1 atom stereocenters. The summed E-state index contributed by atoms with van der Waals surface area (Å²) in [6, 6.07) is 2.52. The quantitative estimate of drug-likeness (QED) is 0.793. The second kappa shape index (κ2) is 4.97. The summed E-state index contributed by atoms with van der Waals surface area (Å²) < 4.78 is 0. The number of rotatable bonds is 4. The van der Waals surface area contributed by atoms with E-state index in [4.69, 9.17) is 0 Å². The molecule has 0 unspecified atom stereocenters. The smallest absolute Gasteiger partial charge is 0.182 e. The van der Waals surface area contributed by atoms with Gasteiger partial charge in [0.1, 0.15) is 11.8 Å². The number of likely N-dealkylation sites (N-methyl/N-ethyl adjacent to an activating group) is 1. The lowest BCUT2D eigenvalue weighted by molar-refractivity contribution is 0.677. The second-order valence-corrected chi connectivity index (χ2v) is 5.37. The Kier molecular flexibility index (Phi) is 3.16. The number of H-pyrrole nitrogens is 1. The molecular formula is C13H15N5S. The van der Waals surface area contributed by atoms with Crippen molar-refractivity contribution in [2.45, 2.75) is 19.4 Å². The van der Waals surface area contributed by atoms with E-state index in [-0.39, 0.29) is 0 Å². The standard InChI is InChI=1S/C13H15N5S/c1-9(5-10-3-4-19-6-10)18(2)13-11-12(15-7-14-11)16-8-17-13/h3-4,6-9H,5H2,1-2H3,(H,14,15,16,17)/t9-/m0/s1. The Morgan fingerprint density at radius 2 is 2.26 bits per heavy atom. The number of hydrogen-bond donors (Lipinski definition) is 1. The highest BCUT2D eigenvalue weighted by Crippen LogP contribution is 2.21. The van der Waals surface area contributed by atoms with Crippen molar-refractivity contribution in [2.75, 3.05) is 11.9 Å². The first-order chi connectivity index (χ1) is 9.25. The van der Waals surface area contributed by atoms with Gasteiger partial charge in [-0.2, -0.15) is 11.3 Å². The van der Waals surface area contributed by atoms with Crippen molar-refractivity contribution in [1.82, 2.24) is 19.9 Å². The largest absolute Gasteiger partial charge is 0.355 e. The maximum absolute atomic E-state index is 4.38. The predicted molar refractivity (Wildman–Crippen MR) is 77.6 cm³/mol. The fraction of sp³-hybridized carbons (Fsp3) is 0.308. The van der Waals surface area contributed by atoms with Crippen LogP contribution in [0.1, 0.15) is 12.5 Å². The van der Waals surface area contributed by atoms with E-state index in [0.717, 1.165) is 17.8 Å². The van der Waals surface area contributed by atoms with Gasteiger partial charge in [-0.25, -0.2) is 15.0 Å². The van der Waals surface area contributed by atoms with Crippen molar-refractivity contribution in [3.63, 3.8) is 0 Å². The van der Waals surface area contributed by atoms with Gasteiger partial charge in [-0.1, -0.05) is 0 Å². The first-order valence-corrected chi connectivity index (χ1v) is 7.08. The summed E-state index contributed by atoms with van der Waals surface area (Å²) in [6.07, 6.45) is 4.21. The van der Waals surface area contributed by atoms with Crippen molar-refractivity contribution in [2.24, 2.45) is 0 Å². The molecule has 3 rings (SSSR count). The van der Waals surface area contributed by atoms with Gasteiger partial charge in [0.05, 0.1) is 6.33 Å². The van der Waals surface area contributed by atoms with Gasteiger partial charge >= 0.3 is 0 Å². The molecule has 0 amide bonds. The number of anilines is 1. The van der Waals surface area contributed by atoms with Crippen LogP contribution in [-0.2, 0) is 6.42 Å². The van der Waals surface area contributed by atoms with Crippen LogP contribution >= 0.6 is 11.3 Å². The molecular weight excluding hydrogens is 258 g/mol. The molecule has 6 heteroatoms. The van der Waals surface area contributed by atoms with Crippen LogP contribution in [0.4, 0.5) is 5.82 Å². The van der Waals surface area contributed by atoms with Crippen LogP contribution in [0.15, 0.2) is 29.5 Å². The van der Waals surface area contributed by atoms with Gasteiger partial charge in [-0.3, -0.25) is 0 Å². The number of aromatic nitrogens is 4. The van der Waals surface area contributed by atoms with E-state index >= 15 is 0 Å². The lowest BCUT2D eigenvalue weighted by Crippen LogP contribution is -2.31. The Morgan fingerprint density at radius 3 is 3.05 bits per heavy atom. The highest BCUT2D eigenvalue weighted by molar-refractivity contribution is 7.07. The fourth-order valence-corrected chi connectivity index (χ4v) is 2.80. The van der Waals surface area contributed by atoms with E-state index in [2.05, 4.69) is 55.6 Å². The highest BCUT2D eigenvalue weighted by Gasteiger charge is 2.16. The lowest BCUT2D eigenvalue weighted by atomic mass is 10.1. The summed E-state index contributed by atoms with van der Waals surface area (Å²) in [7, 11) is 2.06. The summed E-state index contributed by atoms with van der Waals surface area (Å²) in [5, 5.41) is 4.30. The maximum atomic E-state index is 4.38. The van der Waals surface area contributed by atoms with Gasteiger partial charge in [-0.15, -0.1) is 0 Å². The molecule has 0 spiro atoms. The first-order valence-electron chi connectivity index (χ1n) is 6.13. The first kappa shape index (κ1) is 12.1. The molecule has 0 saturated carbocycles. The fourth-order valence-electron chi connectivity index (χ4n) is 2.12. The van der Waals surface area contributed by atoms with Crippen molar-refractivity contribution >= 4 is 28.3 Å². The number of thiophene rings is 1. The third-order valence-corrected chi connectivity index (χ3v) is 4.04. The minimum atomic E-state index is 0.357. The van der Waals surface area contributed by atoms with Crippen molar-refractivity contribution in [3.8, 4) is 0 Å². The van der Waals surface area contributed by atoms with Gasteiger partial charge in [0.25, 0.3) is 0 Å². The molecule has 0 aliphatic carbocycles. The Balaban J connectivity index is 1.86. The minimum absolute atomic E-state index is 0.357. The van der Waals surface area contributed by atoms with Gasteiger partial charge in [-0.05, 0) is 35.7 Å². The van der Waals surface area contributed by atoms with Crippen molar-refractivity contribution in [1.29, 1.82) is 0 Å². The van der Waals surface area contributed by atoms with Gasteiger partial charge in [0.2, 0.25) is 0 Å². The zero-order chi connectivity index (χ0) is 13.2. The van der Waals surface area contributed by atoms with Crippen molar-refractivity contribution in [3.05, 3.63) is 35.0 Å². The molecule has 0 saturated heterocycles. The van der Waals surface area contributed by atoms with Gasteiger partial charge in [0, 0.05) is 13.1 Å². The van der Waals surface area contributed by atoms with Crippen LogP contribution in [0.25, 0.3) is 11.2 Å². The molecule has 3 aromatic heterocycles. The average molecular weight is 273 g/mol. The summed E-state index contributed by atoms with van der Waals surface area (Å²) in [5.41, 5.74) is 2.96. The molecule has 3 aromatic rings. The van der Waals surface area contributed by atoms with Crippen molar-refractivity contribution < 1.29 is 0 Å². The third kappa shape index (κ3) is 2.31. The molecule has 3 heterocycles. The number of nitrogens with zero attached hydrogens (tertiary/aromatic N) is 4. The van der Waals surface area contributed by atoms with Gasteiger partial charge in [0.15, 0.2) is 11.5 Å². The Bertz CT molecular complexity index is 661. The minimum Gasteiger partial charge on any atom is -0.355 e. The topological polar surface area (TPSA) is 57.7 Å². The van der Waals surface area contributed by atoms with E-state index < -0.39 is 0 Å². The second-order valence-electron chi connectivity index (χ2n) is 4.59. The van der Waals surface area contributed by atoms with Crippen LogP contribution in [0.5, 0.6) is 0 Å².